The number of hydrogen-bond acceptors (Lipinski definition) is 3. The van der Waals surface area contributed by atoms with E-state index in [0.29, 0.717) is 29.3 Å². The average Bonchev–Trinajstić information content (AvgIpc) is 3.01. The lowest BCUT2D eigenvalue weighted by Crippen LogP contribution is -2.44. The van der Waals surface area contributed by atoms with Crippen molar-refractivity contribution in [2.45, 2.75) is 32.9 Å². The minimum atomic E-state index is -1.17. The second-order valence-corrected chi connectivity index (χ2v) is 6.84. The molecule has 2 aromatic rings. The molecular weight excluding hydrogens is 516 g/mol. The topological polar surface area (TPSA) is 69.8 Å². The molecule has 1 atom stereocenters. The van der Waals surface area contributed by atoms with Crippen LogP contribution < -0.4 is 10.6 Å². The van der Waals surface area contributed by atoms with Gasteiger partial charge in [0.1, 0.15) is 22.9 Å². The molecule has 0 aliphatic carbocycles. The molecule has 5 nitrogen and oxygen atoms in total. The van der Waals surface area contributed by atoms with Crippen molar-refractivity contribution in [2.75, 3.05) is 13.1 Å². The summed E-state index contributed by atoms with van der Waals surface area (Å²) in [5.74, 6) is 1.45. The van der Waals surface area contributed by atoms with E-state index in [-0.39, 0.29) is 36.3 Å². The summed E-state index contributed by atoms with van der Waals surface area (Å²) in [5.41, 5.74) is -0.417. The van der Waals surface area contributed by atoms with Gasteiger partial charge in [-0.2, -0.15) is 0 Å². The van der Waals surface area contributed by atoms with Crippen LogP contribution in [-0.2, 0) is 12.1 Å². The van der Waals surface area contributed by atoms with Crippen LogP contribution in [-0.4, -0.2) is 24.2 Å². The van der Waals surface area contributed by atoms with Crippen LogP contribution in [0.4, 0.5) is 4.39 Å². The molecule has 1 aromatic carbocycles. The normalized spacial score (nSPS) is 13.7. The van der Waals surface area contributed by atoms with Crippen molar-refractivity contribution in [3.8, 4) is 0 Å². The number of hydrogen-bond donors (Lipinski definition) is 3. The van der Waals surface area contributed by atoms with Gasteiger partial charge in [-0.1, -0.05) is 6.07 Å². The van der Waals surface area contributed by atoms with Crippen molar-refractivity contribution in [3.05, 3.63) is 57.7 Å². The van der Waals surface area contributed by atoms with E-state index < -0.39 is 5.60 Å². The maximum absolute atomic E-state index is 13.6. The van der Waals surface area contributed by atoms with E-state index in [4.69, 9.17) is 4.42 Å². The molecule has 0 aliphatic rings. The first-order valence-electron chi connectivity index (χ1n) is 8.07. The fraction of sp³-hybridized carbons (Fsp3) is 0.389. The highest BCUT2D eigenvalue weighted by Crippen LogP contribution is 2.22. The smallest absolute Gasteiger partial charge is 0.191 e. The zero-order valence-electron chi connectivity index (χ0n) is 15.0. The van der Waals surface area contributed by atoms with Crippen LogP contribution >= 0.6 is 39.9 Å². The summed E-state index contributed by atoms with van der Waals surface area (Å²) in [6.07, 6.45) is 0. The molecule has 0 radical (unpaired) electrons. The fourth-order valence-corrected chi connectivity index (χ4v) is 2.46. The van der Waals surface area contributed by atoms with Crippen molar-refractivity contribution < 1.29 is 13.9 Å². The predicted molar refractivity (Wildman–Crippen MR) is 115 cm³/mol. The van der Waals surface area contributed by atoms with Crippen LogP contribution in [0.15, 0.2) is 44.2 Å². The maximum atomic E-state index is 13.6. The molecular formula is C18H24BrFIN3O2. The van der Waals surface area contributed by atoms with E-state index in [9.17, 15) is 9.50 Å². The van der Waals surface area contributed by atoms with Crippen LogP contribution in [0.1, 0.15) is 30.9 Å². The summed E-state index contributed by atoms with van der Waals surface area (Å²) in [5, 5.41) is 16.8. The third-order valence-electron chi connectivity index (χ3n) is 3.62. The highest BCUT2D eigenvalue weighted by atomic mass is 127. The molecule has 0 fully saturated rings. The zero-order chi connectivity index (χ0) is 18.4. The molecule has 8 heteroatoms. The SMILES string of the molecule is CCNC(=NCc1ccc(Br)c(F)c1)NCC(C)(O)c1ccc(C)o1.I. The second-order valence-electron chi connectivity index (χ2n) is 5.98. The third-order valence-corrected chi connectivity index (χ3v) is 4.26. The van der Waals surface area contributed by atoms with Gasteiger partial charge in [0.2, 0.25) is 0 Å². The summed E-state index contributed by atoms with van der Waals surface area (Å²) in [7, 11) is 0. The van der Waals surface area contributed by atoms with E-state index >= 15 is 0 Å². The van der Waals surface area contributed by atoms with Crippen molar-refractivity contribution in [3.63, 3.8) is 0 Å². The lowest BCUT2D eigenvalue weighted by atomic mass is 10.0. The van der Waals surface area contributed by atoms with Crippen LogP contribution in [0, 0.1) is 12.7 Å². The summed E-state index contributed by atoms with van der Waals surface area (Å²) in [4.78, 5) is 4.43. The first-order chi connectivity index (χ1) is 11.8. The molecule has 0 spiro atoms. The largest absolute Gasteiger partial charge is 0.463 e. The first-order valence-corrected chi connectivity index (χ1v) is 8.86. The predicted octanol–water partition coefficient (Wildman–Crippen LogP) is 4.07. The lowest BCUT2D eigenvalue weighted by molar-refractivity contribution is 0.0378. The summed E-state index contributed by atoms with van der Waals surface area (Å²) in [6, 6.07) is 8.47. The van der Waals surface area contributed by atoms with Crippen molar-refractivity contribution in [2.24, 2.45) is 4.99 Å². The number of aliphatic hydroxyl groups is 1. The van der Waals surface area contributed by atoms with E-state index in [2.05, 4.69) is 31.6 Å². The van der Waals surface area contributed by atoms with Gasteiger partial charge in [0.25, 0.3) is 0 Å². The quantitative estimate of drug-likeness (QED) is 0.294. The van der Waals surface area contributed by atoms with Gasteiger partial charge in [-0.15, -0.1) is 24.0 Å². The van der Waals surface area contributed by atoms with Gasteiger partial charge in [-0.3, -0.25) is 0 Å². The minimum absolute atomic E-state index is 0. The van der Waals surface area contributed by atoms with E-state index in [1.807, 2.05) is 26.0 Å². The lowest BCUT2D eigenvalue weighted by Gasteiger charge is -2.22. The van der Waals surface area contributed by atoms with Gasteiger partial charge in [0, 0.05) is 6.54 Å². The monoisotopic (exact) mass is 539 g/mol. The summed E-state index contributed by atoms with van der Waals surface area (Å²) < 4.78 is 19.5. The summed E-state index contributed by atoms with van der Waals surface area (Å²) >= 11 is 3.13. The standard InChI is InChI=1S/C18H23BrFN3O2.HI/c1-4-21-17(22-10-13-6-7-14(19)15(20)9-13)23-11-18(3,24)16-8-5-12(2)25-16;/h5-9,24H,4,10-11H2,1-3H3,(H2,21,22,23);1H. The third kappa shape index (κ3) is 6.55. The van der Waals surface area contributed by atoms with Gasteiger partial charge >= 0.3 is 0 Å². The average molecular weight is 540 g/mol. The first kappa shape index (κ1) is 22.9. The Kier molecular flexibility index (Phi) is 9.05. The fourth-order valence-electron chi connectivity index (χ4n) is 2.22. The number of nitrogens with zero attached hydrogens (tertiary/aromatic N) is 1. The highest BCUT2D eigenvalue weighted by molar-refractivity contribution is 14.0. The number of aliphatic imine (C=N–C) groups is 1. The molecule has 0 saturated carbocycles. The zero-order valence-corrected chi connectivity index (χ0v) is 18.9. The molecule has 0 aliphatic heterocycles. The van der Waals surface area contributed by atoms with Crippen LogP contribution in [0.5, 0.6) is 0 Å². The van der Waals surface area contributed by atoms with Crippen molar-refractivity contribution in [1.82, 2.24) is 10.6 Å². The molecule has 0 amide bonds. The molecule has 2 rings (SSSR count). The molecule has 1 heterocycles. The van der Waals surface area contributed by atoms with Gasteiger partial charge in [-0.25, -0.2) is 9.38 Å². The number of guanidine groups is 1. The Morgan fingerprint density at radius 2 is 2.04 bits per heavy atom. The number of halogens is 3. The van der Waals surface area contributed by atoms with Crippen LogP contribution in [0.2, 0.25) is 0 Å². The molecule has 26 heavy (non-hydrogen) atoms. The number of aryl methyl sites for hydroxylation is 1. The highest BCUT2D eigenvalue weighted by Gasteiger charge is 2.27. The Bertz CT molecular complexity index is 750. The number of rotatable bonds is 6. The summed E-state index contributed by atoms with van der Waals surface area (Å²) in [6.45, 7) is 6.66. The number of furan rings is 1. The Morgan fingerprint density at radius 3 is 2.62 bits per heavy atom. The molecule has 0 saturated heterocycles. The van der Waals surface area contributed by atoms with Crippen molar-refractivity contribution in [1.29, 1.82) is 0 Å². The van der Waals surface area contributed by atoms with Crippen molar-refractivity contribution >= 4 is 45.9 Å². The molecule has 3 N–H and O–H groups in total. The van der Waals surface area contributed by atoms with E-state index in [1.165, 1.54) is 6.07 Å². The van der Waals surface area contributed by atoms with E-state index in [1.54, 1.807) is 19.1 Å². The Morgan fingerprint density at radius 1 is 1.31 bits per heavy atom. The van der Waals surface area contributed by atoms with Gasteiger partial charge in [0.15, 0.2) is 5.96 Å². The van der Waals surface area contributed by atoms with Gasteiger partial charge < -0.3 is 20.2 Å². The second kappa shape index (κ2) is 10.3. The maximum Gasteiger partial charge on any atom is 0.191 e. The molecule has 1 unspecified atom stereocenters. The molecule has 1 aromatic heterocycles. The number of nitrogens with one attached hydrogen (secondary N) is 2. The van der Waals surface area contributed by atoms with Crippen LogP contribution in [0.25, 0.3) is 0 Å². The van der Waals surface area contributed by atoms with Gasteiger partial charge in [-0.05, 0) is 66.5 Å². The Labute approximate surface area is 178 Å². The Balaban J connectivity index is 0.00000338. The minimum Gasteiger partial charge on any atom is -0.463 e. The number of benzene rings is 1. The van der Waals surface area contributed by atoms with E-state index in [0.717, 1.165) is 11.3 Å². The molecule has 0 bridgehead atoms. The van der Waals surface area contributed by atoms with Gasteiger partial charge in [0.05, 0.1) is 17.6 Å². The Hall–Kier alpha value is -1.13. The van der Waals surface area contributed by atoms with Crippen LogP contribution in [0.3, 0.4) is 0 Å². The molecule has 144 valence electrons.